The van der Waals surface area contributed by atoms with Gasteiger partial charge in [0.15, 0.2) is 0 Å². The van der Waals surface area contributed by atoms with E-state index in [0.29, 0.717) is 6.54 Å². The normalized spacial score (nSPS) is 16.9. The van der Waals surface area contributed by atoms with Gasteiger partial charge in [-0.2, -0.15) is 0 Å². The fourth-order valence-electron chi connectivity index (χ4n) is 3.49. The molecule has 7 nitrogen and oxygen atoms in total. The fraction of sp³-hybridized carbons (Fsp3) is 0.348. The van der Waals surface area contributed by atoms with Crippen LogP contribution in [0.1, 0.15) is 23.7 Å². The standard InChI is InChI=1S/C23H27N3O4/c1-24-21(27)16-30-20-15-26(23(29)14-17-8-4-3-5-9-17)13-12-22(28)25(2)19-11-7-6-10-18(19)20/h3-11,20H,12-16H2,1-2H3,(H,24,27). The van der Waals surface area contributed by atoms with Crippen molar-refractivity contribution in [2.24, 2.45) is 0 Å². The molecule has 1 heterocycles. The molecular weight excluding hydrogens is 382 g/mol. The summed E-state index contributed by atoms with van der Waals surface area (Å²) in [5.41, 5.74) is 2.41. The molecule has 158 valence electrons. The van der Waals surface area contributed by atoms with Crippen molar-refractivity contribution in [2.45, 2.75) is 18.9 Å². The zero-order chi connectivity index (χ0) is 21.5. The van der Waals surface area contributed by atoms with Crippen molar-refractivity contribution in [3.8, 4) is 0 Å². The van der Waals surface area contributed by atoms with Crippen LogP contribution in [0.2, 0.25) is 0 Å². The van der Waals surface area contributed by atoms with Gasteiger partial charge in [0.1, 0.15) is 12.7 Å². The maximum atomic E-state index is 13.1. The lowest BCUT2D eigenvalue weighted by Gasteiger charge is -2.28. The largest absolute Gasteiger partial charge is 0.362 e. The average molecular weight is 409 g/mol. The molecule has 0 saturated carbocycles. The van der Waals surface area contributed by atoms with Gasteiger partial charge < -0.3 is 19.9 Å². The molecule has 2 aromatic rings. The molecule has 1 unspecified atom stereocenters. The van der Waals surface area contributed by atoms with E-state index in [4.69, 9.17) is 4.74 Å². The Labute approximate surface area is 176 Å². The van der Waals surface area contributed by atoms with E-state index in [1.165, 1.54) is 0 Å². The highest BCUT2D eigenvalue weighted by Gasteiger charge is 2.28. The molecule has 0 aliphatic carbocycles. The summed E-state index contributed by atoms with van der Waals surface area (Å²) < 4.78 is 5.92. The molecule has 2 aromatic carbocycles. The van der Waals surface area contributed by atoms with Crippen molar-refractivity contribution in [3.05, 3.63) is 65.7 Å². The molecule has 0 radical (unpaired) electrons. The second kappa shape index (κ2) is 10.0. The zero-order valence-electron chi connectivity index (χ0n) is 17.3. The van der Waals surface area contributed by atoms with Crippen molar-refractivity contribution in [1.29, 1.82) is 0 Å². The van der Waals surface area contributed by atoms with Crippen molar-refractivity contribution < 1.29 is 19.1 Å². The molecule has 1 N–H and O–H groups in total. The molecule has 0 fully saturated rings. The second-order valence-electron chi connectivity index (χ2n) is 7.24. The topological polar surface area (TPSA) is 79.0 Å². The van der Waals surface area contributed by atoms with E-state index in [1.54, 1.807) is 23.9 Å². The van der Waals surface area contributed by atoms with Gasteiger partial charge >= 0.3 is 0 Å². The number of likely N-dealkylation sites (N-methyl/N-ethyl adjacent to an activating group) is 1. The van der Waals surface area contributed by atoms with Gasteiger partial charge in [0, 0.05) is 38.3 Å². The lowest BCUT2D eigenvalue weighted by molar-refractivity contribution is -0.134. The third-order valence-corrected chi connectivity index (χ3v) is 5.25. The number of anilines is 1. The summed E-state index contributed by atoms with van der Waals surface area (Å²) >= 11 is 0. The first-order chi connectivity index (χ1) is 14.5. The number of benzene rings is 2. The lowest BCUT2D eigenvalue weighted by Crippen LogP contribution is -2.38. The van der Waals surface area contributed by atoms with Crippen LogP contribution in [0, 0.1) is 0 Å². The molecule has 1 atom stereocenters. The smallest absolute Gasteiger partial charge is 0.245 e. The van der Waals surface area contributed by atoms with Gasteiger partial charge in [0.25, 0.3) is 0 Å². The van der Waals surface area contributed by atoms with E-state index >= 15 is 0 Å². The molecule has 3 amide bonds. The molecule has 7 heteroatoms. The Morgan fingerprint density at radius 3 is 2.53 bits per heavy atom. The van der Waals surface area contributed by atoms with Gasteiger partial charge in [0.2, 0.25) is 17.7 Å². The summed E-state index contributed by atoms with van der Waals surface area (Å²) in [4.78, 5) is 40.8. The molecule has 0 spiro atoms. The van der Waals surface area contributed by atoms with E-state index < -0.39 is 6.10 Å². The Hall–Kier alpha value is -3.19. The van der Waals surface area contributed by atoms with Crippen LogP contribution in [0.5, 0.6) is 0 Å². The maximum absolute atomic E-state index is 13.1. The minimum absolute atomic E-state index is 0.0769. The number of nitrogens with one attached hydrogen (secondary N) is 1. The quantitative estimate of drug-likeness (QED) is 0.819. The zero-order valence-corrected chi connectivity index (χ0v) is 17.3. The molecule has 3 rings (SSSR count). The minimum Gasteiger partial charge on any atom is -0.362 e. The number of fused-ring (bicyclic) bond motifs is 1. The number of hydrogen-bond acceptors (Lipinski definition) is 4. The van der Waals surface area contributed by atoms with Crippen LogP contribution < -0.4 is 10.2 Å². The number of amides is 3. The number of para-hydroxylation sites is 1. The Morgan fingerprint density at radius 2 is 1.80 bits per heavy atom. The lowest BCUT2D eigenvalue weighted by atomic mass is 10.1. The number of carbonyl (C=O) groups excluding carboxylic acids is 3. The summed E-state index contributed by atoms with van der Waals surface area (Å²) in [5.74, 6) is -0.407. The second-order valence-corrected chi connectivity index (χ2v) is 7.24. The molecular formula is C23H27N3O4. The highest BCUT2D eigenvalue weighted by atomic mass is 16.5. The van der Waals surface area contributed by atoms with Gasteiger partial charge in [0.05, 0.1) is 13.0 Å². The Kier molecular flexibility index (Phi) is 7.19. The molecule has 1 aliphatic rings. The van der Waals surface area contributed by atoms with Crippen LogP contribution in [0.3, 0.4) is 0 Å². The van der Waals surface area contributed by atoms with E-state index in [0.717, 1.165) is 16.8 Å². The van der Waals surface area contributed by atoms with Gasteiger partial charge in [-0.05, 0) is 11.6 Å². The van der Waals surface area contributed by atoms with Crippen LogP contribution in [0.25, 0.3) is 0 Å². The number of hydrogen-bond donors (Lipinski definition) is 1. The monoisotopic (exact) mass is 409 g/mol. The first-order valence-electron chi connectivity index (χ1n) is 9.99. The van der Waals surface area contributed by atoms with Crippen molar-refractivity contribution >= 4 is 23.4 Å². The summed E-state index contributed by atoms with van der Waals surface area (Å²) in [5, 5.41) is 2.54. The SMILES string of the molecule is CNC(=O)COC1CN(C(=O)Cc2ccccc2)CCC(=O)N(C)c2ccccc21. The summed E-state index contributed by atoms with van der Waals surface area (Å²) in [6, 6.07) is 16.9. The summed E-state index contributed by atoms with van der Waals surface area (Å²) in [6.07, 6.45) is -0.0751. The summed E-state index contributed by atoms with van der Waals surface area (Å²) in [7, 11) is 3.27. The van der Waals surface area contributed by atoms with E-state index in [2.05, 4.69) is 5.32 Å². The van der Waals surface area contributed by atoms with Gasteiger partial charge in [-0.25, -0.2) is 0 Å². The molecule has 1 aliphatic heterocycles. The van der Waals surface area contributed by atoms with E-state index in [9.17, 15) is 14.4 Å². The summed E-state index contributed by atoms with van der Waals surface area (Å²) in [6.45, 7) is 0.428. The first kappa shape index (κ1) is 21.5. The van der Waals surface area contributed by atoms with Crippen molar-refractivity contribution in [1.82, 2.24) is 10.2 Å². The molecule has 0 saturated heterocycles. The third-order valence-electron chi connectivity index (χ3n) is 5.25. The molecule has 0 bridgehead atoms. The highest BCUT2D eigenvalue weighted by Crippen LogP contribution is 2.31. The Morgan fingerprint density at radius 1 is 1.10 bits per heavy atom. The van der Waals surface area contributed by atoms with Gasteiger partial charge in [-0.15, -0.1) is 0 Å². The average Bonchev–Trinajstić information content (AvgIpc) is 2.82. The number of rotatable bonds is 5. The molecule has 0 aromatic heterocycles. The van der Waals surface area contributed by atoms with Gasteiger partial charge in [-0.3, -0.25) is 14.4 Å². The fourth-order valence-corrected chi connectivity index (χ4v) is 3.49. The number of nitrogens with zero attached hydrogens (tertiary/aromatic N) is 2. The number of ether oxygens (including phenoxy) is 1. The first-order valence-corrected chi connectivity index (χ1v) is 9.99. The van der Waals surface area contributed by atoms with E-state index in [-0.39, 0.29) is 43.7 Å². The highest BCUT2D eigenvalue weighted by molar-refractivity contribution is 5.94. The van der Waals surface area contributed by atoms with Crippen LogP contribution in [-0.2, 0) is 25.5 Å². The van der Waals surface area contributed by atoms with Crippen LogP contribution in [0.15, 0.2) is 54.6 Å². The van der Waals surface area contributed by atoms with Crippen molar-refractivity contribution in [3.63, 3.8) is 0 Å². The van der Waals surface area contributed by atoms with Crippen LogP contribution >= 0.6 is 0 Å². The Bertz CT molecular complexity index is 900. The van der Waals surface area contributed by atoms with E-state index in [1.807, 2.05) is 54.6 Å². The third kappa shape index (κ3) is 5.24. The van der Waals surface area contributed by atoms with Gasteiger partial charge in [-0.1, -0.05) is 48.5 Å². The molecule has 30 heavy (non-hydrogen) atoms. The van der Waals surface area contributed by atoms with Crippen LogP contribution in [0.4, 0.5) is 5.69 Å². The predicted molar refractivity (Wildman–Crippen MR) is 114 cm³/mol. The minimum atomic E-state index is -0.536. The maximum Gasteiger partial charge on any atom is 0.245 e. The Balaban J connectivity index is 1.90. The van der Waals surface area contributed by atoms with Crippen molar-refractivity contribution in [2.75, 3.05) is 38.7 Å². The predicted octanol–water partition coefficient (Wildman–Crippen LogP) is 1.93. The van der Waals surface area contributed by atoms with Crippen LogP contribution in [-0.4, -0.2) is 56.4 Å². The number of carbonyl (C=O) groups is 3.